The summed E-state index contributed by atoms with van der Waals surface area (Å²) in [7, 11) is 0. The van der Waals surface area contributed by atoms with E-state index in [2.05, 4.69) is 21.2 Å². The molecule has 0 bridgehead atoms. The van der Waals surface area contributed by atoms with Gasteiger partial charge in [-0.25, -0.2) is 0 Å². The van der Waals surface area contributed by atoms with Crippen molar-refractivity contribution in [1.29, 1.82) is 5.26 Å². The maximum atomic E-state index is 8.82. The summed E-state index contributed by atoms with van der Waals surface area (Å²) in [4.78, 5) is 0. The molecule has 90 valence electrons. The number of benzene rings is 2. The van der Waals surface area contributed by atoms with Crippen LogP contribution in [-0.4, -0.2) is 0 Å². The SMILES string of the molecule is Cc1c(Br)cccc1Nc1ccc(C#N)c(Cl)c1. The summed E-state index contributed by atoms with van der Waals surface area (Å²) < 4.78 is 1.05. The first-order valence-electron chi connectivity index (χ1n) is 5.33. The van der Waals surface area contributed by atoms with E-state index in [9.17, 15) is 0 Å². The van der Waals surface area contributed by atoms with Crippen LogP contribution in [0.3, 0.4) is 0 Å². The standard InChI is InChI=1S/C14H10BrClN2/c1-9-12(15)3-2-4-14(9)18-11-6-5-10(8-17)13(16)7-11/h2-7,18H,1H3. The molecule has 0 saturated carbocycles. The predicted octanol–water partition coefficient (Wildman–Crippen LogP) is 5.03. The van der Waals surface area contributed by atoms with Gasteiger partial charge >= 0.3 is 0 Å². The Bertz CT molecular complexity index is 632. The lowest BCUT2D eigenvalue weighted by Crippen LogP contribution is -1.94. The Labute approximate surface area is 119 Å². The second-order valence-corrected chi connectivity index (χ2v) is 5.11. The van der Waals surface area contributed by atoms with E-state index in [4.69, 9.17) is 16.9 Å². The molecule has 0 fully saturated rings. The lowest BCUT2D eigenvalue weighted by atomic mass is 10.1. The fraction of sp³-hybridized carbons (Fsp3) is 0.0714. The third kappa shape index (κ3) is 2.66. The topological polar surface area (TPSA) is 35.8 Å². The van der Waals surface area contributed by atoms with Crippen LogP contribution in [0.1, 0.15) is 11.1 Å². The first-order valence-corrected chi connectivity index (χ1v) is 6.50. The second kappa shape index (κ2) is 5.43. The Morgan fingerprint density at radius 2 is 2.06 bits per heavy atom. The minimum atomic E-state index is 0.454. The van der Waals surface area contributed by atoms with Crippen LogP contribution in [0.2, 0.25) is 5.02 Å². The molecule has 0 unspecified atom stereocenters. The molecule has 0 aliphatic rings. The highest BCUT2D eigenvalue weighted by Crippen LogP contribution is 2.28. The summed E-state index contributed by atoms with van der Waals surface area (Å²) in [5.74, 6) is 0. The van der Waals surface area contributed by atoms with Crippen molar-refractivity contribution in [1.82, 2.24) is 0 Å². The van der Waals surface area contributed by atoms with Crippen LogP contribution >= 0.6 is 27.5 Å². The third-order valence-electron chi connectivity index (χ3n) is 2.64. The number of nitrogens with zero attached hydrogens (tertiary/aromatic N) is 1. The van der Waals surface area contributed by atoms with Crippen LogP contribution in [0.15, 0.2) is 40.9 Å². The van der Waals surface area contributed by atoms with Crippen LogP contribution in [0, 0.1) is 18.3 Å². The number of hydrogen-bond donors (Lipinski definition) is 1. The van der Waals surface area contributed by atoms with E-state index in [-0.39, 0.29) is 0 Å². The Morgan fingerprint density at radius 3 is 2.72 bits per heavy atom. The zero-order chi connectivity index (χ0) is 13.1. The van der Waals surface area contributed by atoms with Gasteiger partial charge in [0.05, 0.1) is 10.6 Å². The molecule has 2 nitrogen and oxygen atoms in total. The van der Waals surface area contributed by atoms with E-state index < -0.39 is 0 Å². The summed E-state index contributed by atoms with van der Waals surface area (Å²) >= 11 is 9.48. The van der Waals surface area contributed by atoms with Gasteiger partial charge in [-0.1, -0.05) is 33.6 Å². The molecule has 0 heterocycles. The van der Waals surface area contributed by atoms with Crippen LogP contribution in [0.4, 0.5) is 11.4 Å². The van der Waals surface area contributed by atoms with Gasteiger partial charge in [0.25, 0.3) is 0 Å². The van der Waals surface area contributed by atoms with Crippen LogP contribution in [0.25, 0.3) is 0 Å². The van der Waals surface area contributed by atoms with E-state index >= 15 is 0 Å². The average molecular weight is 322 g/mol. The summed E-state index contributed by atoms with van der Waals surface area (Å²) in [5, 5.41) is 12.6. The molecular formula is C14H10BrClN2. The molecule has 18 heavy (non-hydrogen) atoms. The number of nitriles is 1. The molecule has 2 rings (SSSR count). The number of rotatable bonds is 2. The molecule has 2 aromatic carbocycles. The smallest absolute Gasteiger partial charge is 0.101 e. The van der Waals surface area contributed by atoms with Gasteiger partial charge in [-0.2, -0.15) is 5.26 Å². The van der Waals surface area contributed by atoms with Crippen LogP contribution in [-0.2, 0) is 0 Å². The summed E-state index contributed by atoms with van der Waals surface area (Å²) in [5.41, 5.74) is 3.47. The Morgan fingerprint density at radius 1 is 1.28 bits per heavy atom. The number of halogens is 2. The second-order valence-electron chi connectivity index (χ2n) is 3.84. The largest absolute Gasteiger partial charge is 0.355 e. The van der Waals surface area contributed by atoms with E-state index in [0.29, 0.717) is 10.6 Å². The van der Waals surface area contributed by atoms with E-state index in [0.717, 1.165) is 21.4 Å². The summed E-state index contributed by atoms with van der Waals surface area (Å²) in [6, 6.07) is 13.3. The summed E-state index contributed by atoms with van der Waals surface area (Å²) in [6.45, 7) is 2.03. The minimum absolute atomic E-state index is 0.454. The van der Waals surface area contributed by atoms with Gasteiger partial charge in [0, 0.05) is 15.8 Å². The van der Waals surface area contributed by atoms with Crippen molar-refractivity contribution in [2.45, 2.75) is 6.92 Å². The van der Waals surface area contributed by atoms with Gasteiger partial charge < -0.3 is 5.32 Å². The average Bonchev–Trinajstić information content (AvgIpc) is 2.35. The Hall–Kier alpha value is -1.50. The lowest BCUT2D eigenvalue weighted by Gasteiger charge is -2.11. The highest BCUT2D eigenvalue weighted by Gasteiger charge is 2.04. The van der Waals surface area contributed by atoms with Crippen LogP contribution in [0.5, 0.6) is 0 Å². The fourth-order valence-electron chi connectivity index (χ4n) is 1.58. The number of hydrogen-bond acceptors (Lipinski definition) is 2. The molecule has 0 aliphatic heterocycles. The number of anilines is 2. The van der Waals surface area contributed by atoms with Crippen molar-refractivity contribution >= 4 is 38.9 Å². The molecule has 0 radical (unpaired) electrons. The minimum Gasteiger partial charge on any atom is -0.355 e. The molecule has 0 amide bonds. The van der Waals surface area contributed by atoms with Crippen molar-refractivity contribution in [3.05, 3.63) is 57.0 Å². The monoisotopic (exact) mass is 320 g/mol. The normalized spacial score (nSPS) is 9.89. The molecular weight excluding hydrogens is 312 g/mol. The third-order valence-corrected chi connectivity index (χ3v) is 3.81. The van der Waals surface area contributed by atoms with Gasteiger partial charge in [0.15, 0.2) is 0 Å². The molecule has 1 N–H and O–H groups in total. The molecule has 0 saturated heterocycles. The maximum Gasteiger partial charge on any atom is 0.101 e. The van der Waals surface area contributed by atoms with Gasteiger partial charge in [0.1, 0.15) is 6.07 Å². The number of nitrogens with one attached hydrogen (secondary N) is 1. The highest BCUT2D eigenvalue weighted by molar-refractivity contribution is 9.10. The molecule has 0 spiro atoms. The maximum absolute atomic E-state index is 8.82. The molecule has 0 aliphatic carbocycles. The molecule has 2 aromatic rings. The van der Waals surface area contributed by atoms with Crippen molar-refractivity contribution in [3.63, 3.8) is 0 Å². The van der Waals surface area contributed by atoms with E-state index in [1.54, 1.807) is 12.1 Å². The van der Waals surface area contributed by atoms with Gasteiger partial charge in [-0.15, -0.1) is 0 Å². The molecule has 4 heteroatoms. The van der Waals surface area contributed by atoms with Crippen molar-refractivity contribution in [2.75, 3.05) is 5.32 Å². The van der Waals surface area contributed by atoms with Crippen molar-refractivity contribution in [3.8, 4) is 6.07 Å². The van der Waals surface area contributed by atoms with E-state index in [1.165, 1.54) is 0 Å². The zero-order valence-corrected chi connectivity index (χ0v) is 12.0. The van der Waals surface area contributed by atoms with Crippen molar-refractivity contribution < 1.29 is 0 Å². The Balaban J connectivity index is 2.32. The predicted molar refractivity (Wildman–Crippen MR) is 78.3 cm³/mol. The van der Waals surface area contributed by atoms with Gasteiger partial charge in [0.2, 0.25) is 0 Å². The first kappa shape index (κ1) is 12.9. The van der Waals surface area contributed by atoms with Crippen molar-refractivity contribution in [2.24, 2.45) is 0 Å². The molecule has 0 aromatic heterocycles. The van der Waals surface area contributed by atoms with Crippen LogP contribution < -0.4 is 5.32 Å². The fourth-order valence-corrected chi connectivity index (χ4v) is 2.17. The lowest BCUT2D eigenvalue weighted by molar-refractivity contribution is 1.40. The molecule has 0 atom stereocenters. The quantitative estimate of drug-likeness (QED) is 0.842. The summed E-state index contributed by atoms with van der Waals surface area (Å²) in [6.07, 6.45) is 0. The Kier molecular flexibility index (Phi) is 3.90. The van der Waals surface area contributed by atoms with Gasteiger partial charge in [-0.3, -0.25) is 0 Å². The van der Waals surface area contributed by atoms with E-state index in [1.807, 2.05) is 37.3 Å². The zero-order valence-electron chi connectivity index (χ0n) is 9.67. The highest BCUT2D eigenvalue weighted by atomic mass is 79.9. The van der Waals surface area contributed by atoms with Gasteiger partial charge in [-0.05, 0) is 42.8 Å². The first-order chi connectivity index (χ1) is 8.61.